The van der Waals surface area contributed by atoms with Gasteiger partial charge in [-0.2, -0.15) is 5.10 Å². The van der Waals surface area contributed by atoms with Gasteiger partial charge in [0.25, 0.3) is 0 Å². The highest BCUT2D eigenvalue weighted by Gasteiger charge is 2.24. The minimum atomic E-state index is 0.255. The Bertz CT molecular complexity index is 1450. The summed E-state index contributed by atoms with van der Waals surface area (Å²) in [6, 6.07) is 24.1. The van der Waals surface area contributed by atoms with Gasteiger partial charge in [-0.3, -0.25) is 0 Å². The molecule has 0 aliphatic heterocycles. The van der Waals surface area contributed by atoms with Crippen LogP contribution in [-0.2, 0) is 12.8 Å². The van der Waals surface area contributed by atoms with E-state index in [1.165, 1.54) is 11.1 Å². The fourth-order valence-corrected chi connectivity index (χ4v) is 4.86. The molecule has 0 unspecified atom stereocenters. The van der Waals surface area contributed by atoms with E-state index >= 15 is 0 Å². The molecule has 5 nitrogen and oxygen atoms in total. The largest absolute Gasteiger partial charge is 0.365 e. The fraction of sp³-hybridized carbons (Fsp3) is 0.115. The topological polar surface area (TPSA) is 55.6 Å². The second-order valence-corrected chi connectivity index (χ2v) is 9.00. The van der Waals surface area contributed by atoms with E-state index in [-0.39, 0.29) is 6.04 Å². The Balaban J connectivity index is 1.49. The van der Waals surface area contributed by atoms with E-state index in [0.717, 1.165) is 41.1 Å². The number of halogens is 2. The number of para-hydroxylation sites is 1. The number of nitrogens with zero attached hydrogens (tertiary/aromatic N) is 4. The third-order valence-electron chi connectivity index (χ3n) is 6.05. The monoisotopic (exact) mass is 471 g/mol. The molecule has 1 aliphatic rings. The Morgan fingerprint density at radius 1 is 0.788 bits per heavy atom. The highest BCUT2D eigenvalue weighted by molar-refractivity contribution is 6.32. The molecule has 1 aliphatic carbocycles. The minimum absolute atomic E-state index is 0.255. The zero-order chi connectivity index (χ0) is 22.4. The number of nitrogens with one attached hydrogen (secondary N) is 1. The molecule has 7 heteroatoms. The second kappa shape index (κ2) is 8.18. The molecule has 0 radical (unpaired) electrons. The van der Waals surface area contributed by atoms with E-state index in [9.17, 15) is 0 Å². The van der Waals surface area contributed by atoms with Gasteiger partial charge in [0, 0.05) is 16.6 Å². The maximum atomic E-state index is 6.57. The summed E-state index contributed by atoms with van der Waals surface area (Å²) in [6.07, 6.45) is 3.50. The number of rotatable bonds is 4. The van der Waals surface area contributed by atoms with Gasteiger partial charge in [0.2, 0.25) is 0 Å². The summed E-state index contributed by atoms with van der Waals surface area (Å²) in [5.41, 5.74) is 6.78. The molecule has 0 atom stereocenters. The highest BCUT2D eigenvalue weighted by Crippen LogP contribution is 2.35. The Morgan fingerprint density at radius 3 is 2.21 bits per heavy atom. The van der Waals surface area contributed by atoms with Crippen molar-refractivity contribution in [2.75, 3.05) is 5.32 Å². The van der Waals surface area contributed by atoms with Crippen molar-refractivity contribution in [2.45, 2.75) is 18.9 Å². The first-order valence-corrected chi connectivity index (χ1v) is 11.5. The van der Waals surface area contributed by atoms with Crippen LogP contribution in [0.4, 0.5) is 5.82 Å². The lowest BCUT2D eigenvalue weighted by atomic mass is 10.1. The summed E-state index contributed by atoms with van der Waals surface area (Å²) in [5, 5.41) is 9.84. The molecule has 33 heavy (non-hydrogen) atoms. The zero-order valence-electron chi connectivity index (χ0n) is 17.5. The number of hydrogen-bond acceptors (Lipinski definition) is 4. The van der Waals surface area contributed by atoms with Crippen LogP contribution >= 0.6 is 23.2 Å². The molecule has 2 aromatic heterocycles. The third-order valence-corrected chi connectivity index (χ3v) is 6.62. The third kappa shape index (κ3) is 3.63. The minimum Gasteiger partial charge on any atom is -0.365 e. The van der Waals surface area contributed by atoms with Gasteiger partial charge < -0.3 is 5.32 Å². The summed E-state index contributed by atoms with van der Waals surface area (Å²) < 4.78 is 1.85. The smallest absolute Gasteiger partial charge is 0.158 e. The van der Waals surface area contributed by atoms with Gasteiger partial charge in [-0.15, -0.1) is 0 Å². The molecule has 0 amide bonds. The molecule has 162 valence electrons. The summed E-state index contributed by atoms with van der Waals surface area (Å²) in [5.74, 6) is 0.721. The van der Waals surface area contributed by atoms with Crippen molar-refractivity contribution in [3.63, 3.8) is 0 Å². The molecule has 3 aromatic carbocycles. The molecule has 0 fully saturated rings. The van der Waals surface area contributed by atoms with Crippen LogP contribution in [0.2, 0.25) is 10.0 Å². The first-order valence-electron chi connectivity index (χ1n) is 10.8. The molecule has 6 rings (SSSR count). The Labute approximate surface area is 201 Å². The van der Waals surface area contributed by atoms with Gasteiger partial charge in [0.1, 0.15) is 17.5 Å². The number of aromatic nitrogens is 4. The van der Waals surface area contributed by atoms with Gasteiger partial charge in [0.05, 0.1) is 10.7 Å². The van der Waals surface area contributed by atoms with E-state index in [0.29, 0.717) is 15.6 Å². The van der Waals surface area contributed by atoms with Gasteiger partial charge >= 0.3 is 0 Å². The Hall–Kier alpha value is -3.41. The average Bonchev–Trinajstić information content (AvgIpc) is 3.41. The van der Waals surface area contributed by atoms with Crippen molar-refractivity contribution in [3.8, 4) is 16.9 Å². The van der Waals surface area contributed by atoms with Crippen molar-refractivity contribution in [1.29, 1.82) is 0 Å². The first kappa shape index (κ1) is 20.2. The van der Waals surface area contributed by atoms with Crippen LogP contribution < -0.4 is 5.32 Å². The van der Waals surface area contributed by atoms with Crippen molar-refractivity contribution >= 4 is 40.1 Å². The van der Waals surface area contributed by atoms with Crippen molar-refractivity contribution in [2.24, 2.45) is 0 Å². The average molecular weight is 472 g/mol. The van der Waals surface area contributed by atoms with Gasteiger partial charge in [0.15, 0.2) is 11.3 Å². The van der Waals surface area contributed by atoms with E-state index < -0.39 is 0 Å². The van der Waals surface area contributed by atoms with Crippen LogP contribution in [0.25, 0.3) is 28.0 Å². The predicted octanol–water partition coefficient (Wildman–Crippen LogP) is 6.37. The predicted molar refractivity (Wildman–Crippen MR) is 133 cm³/mol. The Kier molecular flexibility index (Phi) is 5.01. The summed E-state index contributed by atoms with van der Waals surface area (Å²) in [7, 11) is 0. The van der Waals surface area contributed by atoms with E-state index in [1.54, 1.807) is 6.33 Å². The van der Waals surface area contributed by atoms with Crippen molar-refractivity contribution < 1.29 is 0 Å². The van der Waals surface area contributed by atoms with Crippen LogP contribution in [0.5, 0.6) is 0 Å². The number of hydrogen-bond donors (Lipinski definition) is 1. The number of benzene rings is 3. The first-order chi connectivity index (χ1) is 16.2. The maximum Gasteiger partial charge on any atom is 0.158 e. The summed E-state index contributed by atoms with van der Waals surface area (Å²) >= 11 is 12.7. The molecule has 0 spiro atoms. The number of fused-ring (bicyclic) bond motifs is 2. The quantitative estimate of drug-likeness (QED) is 0.330. The summed E-state index contributed by atoms with van der Waals surface area (Å²) in [4.78, 5) is 9.18. The van der Waals surface area contributed by atoms with Crippen LogP contribution in [0.3, 0.4) is 0 Å². The van der Waals surface area contributed by atoms with Gasteiger partial charge in [-0.1, -0.05) is 71.7 Å². The zero-order valence-corrected chi connectivity index (χ0v) is 19.1. The molecule has 2 heterocycles. The number of anilines is 1. The molecule has 0 saturated carbocycles. The highest BCUT2D eigenvalue weighted by atomic mass is 35.5. The molecule has 0 bridgehead atoms. The molecule has 1 N–H and O–H groups in total. The summed E-state index contributed by atoms with van der Waals surface area (Å²) in [6.45, 7) is 0. The van der Waals surface area contributed by atoms with E-state index in [1.807, 2.05) is 53.2 Å². The normalized spacial score (nSPS) is 13.4. The van der Waals surface area contributed by atoms with Crippen LogP contribution in [-0.4, -0.2) is 25.8 Å². The van der Waals surface area contributed by atoms with Crippen molar-refractivity contribution in [1.82, 2.24) is 19.7 Å². The standard InChI is InChI=1S/C26H19Cl2N5/c27-19-11-9-16(10-12-19)25-23-24(32-33(25)22-8-4-3-7-21(22)28)26(30-15-29-23)31-20-13-17-5-1-2-6-18(17)14-20/h1-12,15,20H,13-14H2,(H,29,30,31). The van der Waals surface area contributed by atoms with Crippen molar-refractivity contribution in [3.05, 3.63) is 100 Å². The maximum absolute atomic E-state index is 6.57. The molecule has 5 aromatic rings. The fourth-order valence-electron chi connectivity index (χ4n) is 4.52. The van der Waals surface area contributed by atoms with E-state index in [4.69, 9.17) is 28.3 Å². The van der Waals surface area contributed by atoms with Gasteiger partial charge in [-0.25, -0.2) is 14.6 Å². The second-order valence-electron chi connectivity index (χ2n) is 8.16. The lowest BCUT2D eigenvalue weighted by molar-refractivity contribution is 0.769. The van der Waals surface area contributed by atoms with Crippen LogP contribution in [0.15, 0.2) is 79.1 Å². The lowest BCUT2D eigenvalue weighted by Crippen LogP contribution is -2.20. The Morgan fingerprint density at radius 2 is 1.48 bits per heavy atom. The SMILES string of the molecule is Clc1ccc(-c2c3ncnc(NC4Cc5ccccc5C4)c3nn2-c2ccccc2Cl)cc1. The lowest BCUT2D eigenvalue weighted by Gasteiger charge is -2.12. The van der Waals surface area contributed by atoms with E-state index in [2.05, 4.69) is 39.6 Å². The molecular formula is C26H19Cl2N5. The molecular weight excluding hydrogens is 453 g/mol. The van der Waals surface area contributed by atoms with Gasteiger partial charge in [-0.05, 0) is 48.2 Å². The molecule has 0 saturated heterocycles. The van der Waals surface area contributed by atoms with Crippen LogP contribution in [0, 0.1) is 0 Å². The van der Waals surface area contributed by atoms with Crippen LogP contribution in [0.1, 0.15) is 11.1 Å².